The van der Waals surface area contributed by atoms with Crippen LogP contribution < -0.4 is 20.3 Å². The van der Waals surface area contributed by atoms with Gasteiger partial charge < -0.3 is 14.8 Å². The van der Waals surface area contributed by atoms with Crippen molar-refractivity contribution in [2.45, 2.75) is 18.9 Å². The quantitative estimate of drug-likeness (QED) is 0.526. The minimum Gasteiger partial charge on any atom is -0.494 e. The summed E-state index contributed by atoms with van der Waals surface area (Å²) in [6.45, 7) is 4.99. The maximum Gasteiger partial charge on any atom is 0.287 e. The van der Waals surface area contributed by atoms with Gasteiger partial charge in [-0.25, -0.2) is 4.98 Å². The normalized spacial score (nSPS) is 10.5. The van der Waals surface area contributed by atoms with Crippen LogP contribution in [-0.4, -0.2) is 34.4 Å². The smallest absolute Gasteiger partial charge is 0.287 e. The molecule has 1 N–H and O–H groups in total. The van der Waals surface area contributed by atoms with E-state index in [1.165, 1.54) is 4.57 Å². The number of thioether (sulfide) groups is 1. The van der Waals surface area contributed by atoms with Gasteiger partial charge in [0.2, 0.25) is 5.91 Å². The Morgan fingerprint density at radius 2 is 1.60 bits per heavy atom. The van der Waals surface area contributed by atoms with Crippen LogP contribution in [-0.2, 0) is 4.79 Å². The van der Waals surface area contributed by atoms with Crippen molar-refractivity contribution in [3.8, 4) is 17.2 Å². The molecule has 1 aromatic heterocycles. The lowest BCUT2D eigenvalue weighted by Gasteiger charge is -2.09. The molecular weight excluding hydrogens is 402 g/mol. The number of amides is 1. The van der Waals surface area contributed by atoms with E-state index in [1.54, 1.807) is 48.8 Å². The Bertz CT molecular complexity index is 1030. The highest BCUT2D eigenvalue weighted by atomic mass is 32.2. The molecule has 0 saturated carbocycles. The van der Waals surface area contributed by atoms with E-state index in [0.717, 1.165) is 23.3 Å². The summed E-state index contributed by atoms with van der Waals surface area (Å²) in [5.74, 6) is 1.34. The van der Waals surface area contributed by atoms with Gasteiger partial charge in [-0.3, -0.25) is 14.2 Å². The molecule has 0 radical (unpaired) electrons. The van der Waals surface area contributed by atoms with Gasteiger partial charge in [0.1, 0.15) is 11.5 Å². The average Bonchev–Trinajstić information content (AvgIpc) is 2.75. The third-order valence-electron chi connectivity index (χ3n) is 4.02. The second kappa shape index (κ2) is 10.5. The lowest BCUT2D eigenvalue weighted by molar-refractivity contribution is -0.113. The molecule has 0 unspecified atom stereocenters. The first-order valence-corrected chi connectivity index (χ1v) is 10.6. The van der Waals surface area contributed by atoms with Crippen LogP contribution in [0.25, 0.3) is 5.69 Å². The zero-order valence-corrected chi connectivity index (χ0v) is 17.6. The van der Waals surface area contributed by atoms with Crippen LogP contribution in [0.2, 0.25) is 0 Å². The summed E-state index contributed by atoms with van der Waals surface area (Å²) in [7, 11) is 0. The van der Waals surface area contributed by atoms with Crippen LogP contribution in [0, 0.1) is 0 Å². The Labute approximate surface area is 179 Å². The van der Waals surface area contributed by atoms with Gasteiger partial charge >= 0.3 is 0 Å². The van der Waals surface area contributed by atoms with E-state index < -0.39 is 0 Å². The van der Waals surface area contributed by atoms with Crippen molar-refractivity contribution in [1.29, 1.82) is 0 Å². The molecule has 0 aliphatic heterocycles. The van der Waals surface area contributed by atoms with E-state index in [9.17, 15) is 9.59 Å². The van der Waals surface area contributed by atoms with Crippen molar-refractivity contribution in [2.75, 3.05) is 24.3 Å². The number of aromatic nitrogens is 2. The highest BCUT2D eigenvalue weighted by Crippen LogP contribution is 2.18. The molecule has 156 valence electrons. The number of anilines is 1. The lowest BCUT2D eigenvalue weighted by Crippen LogP contribution is -2.22. The molecule has 2 aromatic carbocycles. The van der Waals surface area contributed by atoms with Crippen molar-refractivity contribution >= 4 is 23.4 Å². The van der Waals surface area contributed by atoms with Crippen molar-refractivity contribution in [1.82, 2.24) is 9.55 Å². The first-order chi connectivity index (χ1) is 14.6. The number of hydrogen-bond donors (Lipinski definition) is 1. The van der Waals surface area contributed by atoms with E-state index in [1.807, 2.05) is 26.0 Å². The standard InChI is InChI=1S/C22H23N3O4S/c1-3-28-18-9-5-16(6-10-18)24-20(26)15-30-21-22(27)25(14-13-23-21)17-7-11-19(12-8-17)29-4-2/h5-14H,3-4,15H2,1-2H3,(H,24,26). The minimum atomic E-state index is -0.277. The summed E-state index contributed by atoms with van der Waals surface area (Å²) in [6.07, 6.45) is 3.15. The predicted molar refractivity (Wildman–Crippen MR) is 118 cm³/mol. The summed E-state index contributed by atoms with van der Waals surface area (Å²) in [5, 5.41) is 3.06. The molecule has 8 heteroatoms. The van der Waals surface area contributed by atoms with E-state index in [2.05, 4.69) is 10.3 Å². The summed E-state index contributed by atoms with van der Waals surface area (Å²) in [4.78, 5) is 29.1. The van der Waals surface area contributed by atoms with E-state index in [0.29, 0.717) is 24.6 Å². The zero-order chi connectivity index (χ0) is 21.3. The number of carbonyl (C=O) groups is 1. The first kappa shape index (κ1) is 21.4. The van der Waals surface area contributed by atoms with E-state index in [-0.39, 0.29) is 22.2 Å². The van der Waals surface area contributed by atoms with Crippen LogP contribution in [0.15, 0.2) is 70.7 Å². The molecule has 3 rings (SSSR count). The Kier molecular flexibility index (Phi) is 7.51. The molecule has 1 amide bonds. The van der Waals surface area contributed by atoms with Crippen molar-refractivity contribution in [2.24, 2.45) is 0 Å². The summed E-state index contributed by atoms with van der Waals surface area (Å²) < 4.78 is 12.3. The number of nitrogens with one attached hydrogen (secondary N) is 1. The van der Waals surface area contributed by atoms with Crippen LogP contribution in [0.4, 0.5) is 5.69 Å². The lowest BCUT2D eigenvalue weighted by atomic mass is 10.3. The molecule has 0 fully saturated rings. The Morgan fingerprint density at radius 3 is 2.20 bits per heavy atom. The van der Waals surface area contributed by atoms with Gasteiger partial charge in [-0.05, 0) is 62.4 Å². The zero-order valence-electron chi connectivity index (χ0n) is 16.8. The van der Waals surface area contributed by atoms with Crippen LogP contribution in [0.5, 0.6) is 11.5 Å². The maximum absolute atomic E-state index is 12.8. The molecule has 3 aromatic rings. The summed E-state index contributed by atoms with van der Waals surface area (Å²) in [6, 6.07) is 14.4. The van der Waals surface area contributed by atoms with Crippen molar-refractivity contribution in [3.63, 3.8) is 0 Å². The van der Waals surface area contributed by atoms with Crippen LogP contribution in [0.3, 0.4) is 0 Å². The maximum atomic E-state index is 12.8. The third kappa shape index (κ3) is 5.64. The fourth-order valence-electron chi connectivity index (χ4n) is 2.70. The summed E-state index contributed by atoms with van der Waals surface area (Å²) in [5.41, 5.74) is 1.09. The molecule has 30 heavy (non-hydrogen) atoms. The first-order valence-electron chi connectivity index (χ1n) is 9.57. The summed E-state index contributed by atoms with van der Waals surface area (Å²) >= 11 is 1.10. The monoisotopic (exact) mass is 425 g/mol. The molecule has 0 atom stereocenters. The number of ether oxygens (including phenoxy) is 2. The van der Waals surface area contributed by atoms with Gasteiger partial charge in [0.05, 0.1) is 19.0 Å². The van der Waals surface area contributed by atoms with Gasteiger partial charge in [-0.15, -0.1) is 0 Å². The highest BCUT2D eigenvalue weighted by molar-refractivity contribution is 7.99. The average molecular weight is 426 g/mol. The fraction of sp³-hybridized carbons (Fsp3) is 0.227. The predicted octanol–water partition coefficient (Wildman–Crippen LogP) is 3.76. The molecule has 1 heterocycles. The second-order valence-corrected chi connectivity index (χ2v) is 7.09. The van der Waals surface area contributed by atoms with Crippen LogP contribution in [0.1, 0.15) is 13.8 Å². The number of carbonyl (C=O) groups excluding carboxylic acids is 1. The number of benzene rings is 2. The van der Waals surface area contributed by atoms with E-state index in [4.69, 9.17) is 9.47 Å². The highest BCUT2D eigenvalue weighted by Gasteiger charge is 2.11. The molecule has 0 saturated heterocycles. The molecular formula is C22H23N3O4S. The fourth-order valence-corrected chi connectivity index (χ4v) is 3.39. The number of nitrogens with zero attached hydrogens (tertiary/aromatic N) is 2. The Hall–Kier alpha value is -3.26. The number of rotatable bonds is 9. The van der Waals surface area contributed by atoms with Gasteiger partial charge in [0.15, 0.2) is 5.03 Å². The number of hydrogen-bond acceptors (Lipinski definition) is 6. The SMILES string of the molecule is CCOc1ccc(NC(=O)CSc2nccn(-c3ccc(OCC)cc3)c2=O)cc1. The molecule has 7 nitrogen and oxygen atoms in total. The third-order valence-corrected chi connectivity index (χ3v) is 4.98. The van der Waals surface area contributed by atoms with Gasteiger partial charge in [0, 0.05) is 23.8 Å². The Balaban J connectivity index is 1.63. The topological polar surface area (TPSA) is 82.4 Å². The van der Waals surface area contributed by atoms with E-state index >= 15 is 0 Å². The van der Waals surface area contributed by atoms with Gasteiger partial charge in [0.25, 0.3) is 5.56 Å². The van der Waals surface area contributed by atoms with Crippen molar-refractivity contribution in [3.05, 3.63) is 71.3 Å². The molecule has 0 bridgehead atoms. The van der Waals surface area contributed by atoms with Crippen molar-refractivity contribution < 1.29 is 14.3 Å². The second-order valence-electron chi connectivity index (χ2n) is 6.13. The largest absolute Gasteiger partial charge is 0.494 e. The minimum absolute atomic E-state index is 0.0722. The van der Waals surface area contributed by atoms with Gasteiger partial charge in [-0.2, -0.15) is 0 Å². The Morgan fingerprint density at radius 1 is 1.00 bits per heavy atom. The molecule has 0 aliphatic carbocycles. The molecule has 0 aliphatic rings. The molecule has 0 spiro atoms. The van der Waals surface area contributed by atoms with Crippen LogP contribution >= 0.6 is 11.8 Å². The van der Waals surface area contributed by atoms with Gasteiger partial charge in [-0.1, -0.05) is 11.8 Å².